The van der Waals surface area contributed by atoms with E-state index in [9.17, 15) is 0 Å². The van der Waals surface area contributed by atoms with E-state index in [1.807, 2.05) is 0 Å². The maximum atomic E-state index is 5.79. The number of rotatable bonds is 2. The van der Waals surface area contributed by atoms with Crippen molar-refractivity contribution in [1.29, 1.82) is 0 Å². The molecule has 2 atom stereocenters. The van der Waals surface area contributed by atoms with Gasteiger partial charge in [0.05, 0.1) is 12.5 Å². The highest BCUT2D eigenvalue weighted by Gasteiger charge is 2.46. The molecule has 2 aromatic rings. The number of benzene rings is 2. The van der Waals surface area contributed by atoms with E-state index in [0.29, 0.717) is 0 Å². The van der Waals surface area contributed by atoms with Crippen molar-refractivity contribution in [3.05, 3.63) is 84.1 Å². The Labute approximate surface area is 133 Å². The van der Waals surface area contributed by atoms with E-state index in [1.165, 1.54) is 16.2 Å². The second-order valence-electron chi connectivity index (χ2n) is 5.82. The van der Waals surface area contributed by atoms with E-state index in [-0.39, 0.29) is 13.3 Å². The Kier molecular flexibility index (Phi) is 3.39. The van der Waals surface area contributed by atoms with Gasteiger partial charge >= 0.3 is 0 Å². The normalized spacial score (nSPS) is 25.9. The molecule has 1 nitrogen and oxygen atoms in total. The van der Waals surface area contributed by atoms with Gasteiger partial charge in [0.25, 0.3) is 0 Å². The summed E-state index contributed by atoms with van der Waals surface area (Å²) < 4.78 is 5.79. The summed E-state index contributed by atoms with van der Waals surface area (Å²) in [7, 11) is 1.47. The van der Waals surface area contributed by atoms with Crippen LogP contribution in [0.4, 0.5) is 0 Å². The summed E-state index contributed by atoms with van der Waals surface area (Å²) in [6.45, 7) is 0. The Bertz CT molecular complexity index is 747. The van der Waals surface area contributed by atoms with Crippen molar-refractivity contribution in [2.45, 2.75) is 11.8 Å². The van der Waals surface area contributed by atoms with E-state index in [1.54, 1.807) is 7.11 Å². The van der Waals surface area contributed by atoms with Gasteiger partial charge < -0.3 is 4.74 Å². The molecule has 0 saturated heterocycles. The summed E-state index contributed by atoms with van der Waals surface area (Å²) in [5, 5.41) is 2.95. The molecule has 110 valence electrons. The smallest absolute Gasteiger partial charge is 0.107 e. The van der Waals surface area contributed by atoms with E-state index in [4.69, 9.17) is 4.74 Å². The molecule has 22 heavy (non-hydrogen) atoms. The van der Waals surface area contributed by atoms with Crippen LogP contribution in [-0.2, 0) is 10.2 Å². The van der Waals surface area contributed by atoms with Crippen molar-refractivity contribution in [2.24, 2.45) is 0 Å². The molecule has 0 saturated carbocycles. The van der Waals surface area contributed by atoms with Crippen molar-refractivity contribution >= 4 is 18.5 Å². The summed E-state index contributed by atoms with van der Waals surface area (Å²) >= 11 is 0. The van der Waals surface area contributed by atoms with Gasteiger partial charge in [0.1, 0.15) is 5.76 Å². The van der Waals surface area contributed by atoms with Crippen LogP contribution in [0.3, 0.4) is 0 Å². The fourth-order valence-corrected chi connectivity index (χ4v) is 6.60. The van der Waals surface area contributed by atoms with Gasteiger partial charge in [-0.2, -0.15) is 0 Å². The Balaban J connectivity index is 1.89. The van der Waals surface area contributed by atoms with Gasteiger partial charge in [-0.05, 0) is 42.8 Å². The highest BCUT2D eigenvalue weighted by Crippen LogP contribution is 2.54. The van der Waals surface area contributed by atoms with Crippen molar-refractivity contribution < 1.29 is 4.74 Å². The van der Waals surface area contributed by atoms with Crippen molar-refractivity contribution in [3.63, 3.8) is 0 Å². The van der Waals surface area contributed by atoms with E-state index >= 15 is 0 Å². The van der Waals surface area contributed by atoms with Crippen LogP contribution in [-0.4, -0.2) is 13.3 Å². The molecule has 0 amide bonds. The van der Waals surface area contributed by atoms with Crippen molar-refractivity contribution in [1.82, 2.24) is 0 Å². The summed E-state index contributed by atoms with van der Waals surface area (Å²) in [4.78, 5) is 0. The third-order valence-corrected chi connectivity index (χ3v) is 7.36. The van der Waals surface area contributed by atoms with Crippen LogP contribution in [0.5, 0.6) is 0 Å². The first-order valence-corrected chi connectivity index (χ1v) is 9.22. The number of hydrogen-bond acceptors (Lipinski definition) is 1. The Morgan fingerprint density at radius 3 is 2.59 bits per heavy atom. The van der Waals surface area contributed by atoms with Gasteiger partial charge in [-0.1, -0.05) is 66.7 Å². The average molecular weight is 306 g/mol. The minimum atomic E-state index is -0.332. The first-order chi connectivity index (χ1) is 10.8. The van der Waals surface area contributed by atoms with Gasteiger partial charge in [-0.25, -0.2) is 0 Å². The molecule has 1 unspecified atom stereocenters. The zero-order chi connectivity index (χ0) is 15.0. The third-order valence-electron chi connectivity index (χ3n) is 4.65. The number of fused-ring (bicyclic) bond motifs is 2. The Hall–Kier alpha value is -1.85. The van der Waals surface area contributed by atoms with Crippen molar-refractivity contribution in [3.8, 4) is 0 Å². The van der Waals surface area contributed by atoms with Crippen LogP contribution >= 0.6 is 7.92 Å². The molecule has 1 spiro atoms. The van der Waals surface area contributed by atoms with Gasteiger partial charge in [-0.3, -0.25) is 0 Å². The van der Waals surface area contributed by atoms with Gasteiger partial charge in [0, 0.05) is 0 Å². The molecule has 2 aliphatic rings. The van der Waals surface area contributed by atoms with E-state index in [0.717, 1.165) is 18.3 Å². The Morgan fingerprint density at radius 2 is 1.77 bits per heavy atom. The largest absolute Gasteiger partial charge is 0.500 e. The van der Waals surface area contributed by atoms with Gasteiger partial charge in [0.2, 0.25) is 0 Å². The summed E-state index contributed by atoms with van der Waals surface area (Å²) in [5.74, 6) is 1.11. The van der Waals surface area contributed by atoms with Crippen LogP contribution in [0.25, 0.3) is 0 Å². The summed E-state index contributed by atoms with van der Waals surface area (Å²) in [5.41, 5.74) is 1.36. The molecule has 0 radical (unpaired) electrons. The Morgan fingerprint density at radius 1 is 1.00 bits per heavy atom. The third kappa shape index (κ3) is 1.96. The fraction of sp³-hybridized carbons (Fsp3) is 0.200. The first-order valence-electron chi connectivity index (χ1n) is 7.69. The summed E-state index contributed by atoms with van der Waals surface area (Å²) in [6.07, 6.45) is 8.97. The first kappa shape index (κ1) is 13.8. The van der Waals surface area contributed by atoms with Gasteiger partial charge in [-0.15, -0.1) is 0 Å². The zero-order valence-corrected chi connectivity index (χ0v) is 13.6. The quantitative estimate of drug-likeness (QED) is 0.605. The van der Waals surface area contributed by atoms with Crippen LogP contribution in [0.15, 0.2) is 78.6 Å². The zero-order valence-electron chi connectivity index (χ0n) is 12.7. The van der Waals surface area contributed by atoms with E-state index in [2.05, 4.69) is 72.8 Å². The molecule has 0 N–H and O–H groups in total. The second-order valence-corrected chi connectivity index (χ2v) is 7.99. The maximum Gasteiger partial charge on any atom is 0.107 e. The lowest BCUT2D eigenvalue weighted by Crippen LogP contribution is -2.30. The monoisotopic (exact) mass is 306 g/mol. The molecular weight excluding hydrogens is 287 g/mol. The molecule has 2 heteroatoms. The average Bonchev–Trinajstić information content (AvgIpc) is 2.92. The van der Waals surface area contributed by atoms with Crippen LogP contribution in [0.2, 0.25) is 0 Å². The number of allylic oxidation sites excluding steroid dienone is 3. The van der Waals surface area contributed by atoms with Crippen molar-refractivity contribution in [2.75, 3.05) is 13.3 Å². The number of methoxy groups -OCH3 is 1. The molecule has 0 aromatic heterocycles. The molecule has 1 aliphatic heterocycles. The molecule has 0 bridgehead atoms. The number of hydrogen-bond donors (Lipinski definition) is 0. The van der Waals surface area contributed by atoms with E-state index < -0.39 is 0 Å². The lowest BCUT2D eigenvalue weighted by molar-refractivity contribution is 0.245. The highest BCUT2D eigenvalue weighted by atomic mass is 31.1. The maximum absolute atomic E-state index is 5.79. The fourth-order valence-electron chi connectivity index (χ4n) is 3.67. The molecule has 1 heterocycles. The highest BCUT2D eigenvalue weighted by molar-refractivity contribution is 7.73. The standard InChI is InChI=1S/C20H19OP/c1-21-19-13-7-8-14-20(19)15-22(16-9-3-2-4-10-16)18-12-6-5-11-17(18)20/h2-6,8-14H,7,15H2,1H3/t20?,22-/m0/s1. The minimum absolute atomic E-state index is 0.0643. The summed E-state index contributed by atoms with van der Waals surface area (Å²) in [6, 6.07) is 19.8. The predicted octanol–water partition coefficient (Wildman–Crippen LogP) is 3.86. The number of ether oxygens (including phenoxy) is 1. The second kappa shape index (κ2) is 5.41. The molecule has 2 aromatic carbocycles. The predicted molar refractivity (Wildman–Crippen MR) is 94.5 cm³/mol. The van der Waals surface area contributed by atoms with Gasteiger partial charge in [0.15, 0.2) is 0 Å². The molecular formula is C20H19OP. The molecule has 0 fully saturated rings. The van der Waals surface area contributed by atoms with Crippen LogP contribution < -0.4 is 10.6 Å². The molecule has 1 aliphatic carbocycles. The lowest BCUT2D eigenvalue weighted by atomic mass is 9.78. The minimum Gasteiger partial charge on any atom is -0.500 e. The SMILES string of the molecule is COC1=CCC=CC12C[P@@](c1ccccc1)c1ccccc12. The topological polar surface area (TPSA) is 9.23 Å². The van der Waals surface area contributed by atoms with Crippen LogP contribution in [0.1, 0.15) is 12.0 Å². The molecule has 4 rings (SSSR count). The van der Waals surface area contributed by atoms with Crippen LogP contribution in [0, 0.1) is 0 Å². The lowest BCUT2D eigenvalue weighted by Gasteiger charge is -2.31.